The van der Waals surface area contributed by atoms with Gasteiger partial charge in [0.2, 0.25) is 6.17 Å². The molecule has 7 heteroatoms. The van der Waals surface area contributed by atoms with Crippen LogP contribution in [0, 0.1) is 12.7 Å². The second kappa shape index (κ2) is 7.25. The van der Waals surface area contributed by atoms with Crippen molar-refractivity contribution in [1.29, 1.82) is 0 Å². The van der Waals surface area contributed by atoms with Crippen molar-refractivity contribution in [3.05, 3.63) is 29.1 Å². The van der Waals surface area contributed by atoms with Crippen molar-refractivity contribution < 1.29 is 23.4 Å². The number of aromatic hydroxyl groups is 1. The summed E-state index contributed by atoms with van der Waals surface area (Å²) in [7, 11) is 0. The molecule has 3 N–H and O–H groups in total. The number of halogens is 3. The molecule has 0 saturated heterocycles. The molecule has 0 fully saturated rings. The van der Waals surface area contributed by atoms with Gasteiger partial charge in [0.25, 0.3) is 0 Å². The highest BCUT2D eigenvalue weighted by Crippen LogP contribution is 2.30. The van der Waals surface area contributed by atoms with E-state index in [4.69, 9.17) is 5.73 Å². The van der Waals surface area contributed by atoms with Crippen molar-refractivity contribution >= 4 is 18.4 Å². The van der Waals surface area contributed by atoms with Gasteiger partial charge < -0.3 is 15.6 Å². The topological polar surface area (TPSA) is 72.5 Å². The maximum atomic E-state index is 13.6. The van der Waals surface area contributed by atoms with Gasteiger partial charge in [0.1, 0.15) is 0 Å². The number of phenolic OH excluding ortho intramolecular Hbond substituents is 1. The van der Waals surface area contributed by atoms with Gasteiger partial charge in [0.15, 0.2) is 11.6 Å². The summed E-state index contributed by atoms with van der Waals surface area (Å²) in [6.07, 6.45) is -2.15. The van der Waals surface area contributed by atoms with Crippen LogP contribution in [0.3, 0.4) is 0 Å². The molecule has 0 heterocycles. The largest absolute Gasteiger partial charge is 0.505 e. The lowest BCUT2D eigenvalue weighted by Crippen LogP contribution is -2.31. The number of aryl methyl sites for hydroxylation is 1. The normalized spacial score (nSPS) is 13.3. The summed E-state index contributed by atoms with van der Waals surface area (Å²) < 4.78 is 31.5. The fourth-order valence-corrected chi connectivity index (χ4v) is 1.48. The van der Waals surface area contributed by atoms with E-state index < -0.39 is 29.7 Å². The predicted octanol–water partition coefficient (Wildman–Crippen LogP) is 2.16. The van der Waals surface area contributed by atoms with Gasteiger partial charge in [-0.1, -0.05) is 12.1 Å². The zero-order valence-corrected chi connectivity index (χ0v) is 11.3. The predicted molar refractivity (Wildman–Crippen MR) is 68.5 cm³/mol. The molecule has 19 heavy (non-hydrogen) atoms. The molecule has 1 unspecified atom stereocenters. The number of ether oxygens (including phenoxy) is 1. The van der Waals surface area contributed by atoms with E-state index in [0.29, 0.717) is 0 Å². The number of rotatable bonds is 4. The van der Waals surface area contributed by atoms with Crippen molar-refractivity contribution in [1.82, 2.24) is 0 Å². The Kier molecular flexibility index (Phi) is 6.72. The molecule has 4 nitrogen and oxygen atoms in total. The summed E-state index contributed by atoms with van der Waals surface area (Å²) in [4.78, 5) is 11.2. The first-order valence-corrected chi connectivity index (χ1v) is 5.44. The number of carbonyl (C=O) groups is 1. The zero-order valence-electron chi connectivity index (χ0n) is 10.5. The number of esters is 1. The summed E-state index contributed by atoms with van der Waals surface area (Å²) in [6.45, 7) is 2.99. The Morgan fingerprint density at radius 1 is 1.53 bits per heavy atom. The van der Waals surface area contributed by atoms with E-state index in [-0.39, 0.29) is 30.1 Å². The van der Waals surface area contributed by atoms with E-state index >= 15 is 0 Å². The SMILES string of the molecule is CCOC(=O)C(F)[C@H](N)c1ccc(C)c(F)c1O.Cl. The Bertz CT molecular complexity index is 457. The van der Waals surface area contributed by atoms with Crippen LogP contribution in [0.15, 0.2) is 12.1 Å². The van der Waals surface area contributed by atoms with Gasteiger partial charge in [0.05, 0.1) is 12.6 Å². The van der Waals surface area contributed by atoms with Crippen molar-refractivity contribution in [3.63, 3.8) is 0 Å². The average Bonchev–Trinajstić information content (AvgIpc) is 2.35. The van der Waals surface area contributed by atoms with Crippen LogP contribution < -0.4 is 5.73 Å². The fraction of sp³-hybridized carbons (Fsp3) is 0.417. The average molecular weight is 296 g/mol. The van der Waals surface area contributed by atoms with Crippen LogP contribution in [-0.2, 0) is 9.53 Å². The minimum atomic E-state index is -2.15. The van der Waals surface area contributed by atoms with Crippen LogP contribution in [0.4, 0.5) is 8.78 Å². The summed E-state index contributed by atoms with van der Waals surface area (Å²) in [6, 6.07) is 1.16. The summed E-state index contributed by atoms with van der Waals surface area (Å²) in [5, 5.41) is 9.54. The number of nitrogens with two attached hydrogens (primary N) is 1. The smallest absolute Gasteiger partial charge is 0.342 e. The van der Waals surface area contributed by atoms with Crippen LogP contribution in [0.2, 0.25) is 0 Å². The first-order chi connectivity index (χ1) is 8.40. The van der Waals surface area contributed by atoms with Crippen molar-refractivity contribution in [2.75, 3.05) is 6.61 Å². The molecular weight excluding hydrogens is 280 g/mol. The van der Waals surface area contributed by atoms with Crippen LogP contribution in [0.5, 0.6) is 5.75 Å². The van der Waals surface area contributed by atoms with Gasteiger partial charge in [-0.15, -0.1) is 12.4 Å². The highest BCUT2D eigenvalue weighted by Gasteiger charge is 2.30. The van der Waals surface area contributed by atoms with Crippen LogP contribution in [0.25, 0.3) is 0 Å². The first-order valence-electron chi connectivity index (χ1n) is 5.44. The summed E-state index contributed by atoms with van der Waals surface area (Å²) in [5.41, 5.74) is 5.52. The fourth-order valence-electron chi connectivity index (χ4n) is 1.48. The Labute approximate surface area is 116 Å². The highest BCUT2D eigenvalue weighted by molar-refractivity contribution is 5.85. The minimum absolute atomic E-state index is 0. The Morgan fingerprint density at radius 2 is 2.11 bits per heavy atom. The molecule has 0 aliphatic carbocycles. The van der Waals surface area contributed by atoms with Crippen LogP contribution in [0.1, 0.15) is 24.1 Å². The molecule has 1 aromatic rings. The molecule has 0 radical (unpaired) electrons. The number of alkyl halides is 1. The Balaban J connectivity index is 0.00000324. The van der Waals surface area contributed by atoms with Crippen molar-refractivity contribution in [3.8, 4) is 5.75 Å². The molecule has 0 aliphatic rings. The third kappa shape index (κ3) is 3.78. The number of hydrogen-bond acceptors (Lipinski definition) is 4. The maximum absolute atomic E-state index is 13.6. The van der Waals surface area contributed by atoms with Gasteiger partial charge in [-0.3, -0.25) is 0 Å². The lowest BCUT2D eigenvalue weighted by Gasteiger charge is -2.17. The molecule has 0 aliphatic heterocycles. The van der Waals surface area contributed by atoms with E-state index in [2.05, 4.69) is 4.74 Å². The number of phenols is 1. The Morgan fingerprint density at radius 3 is 2.63 bits per heavy atom. The minimum Gasteiger partial charge on any atom is -0.505 e. The molecular formula is C12H16ClF2NO3. The number of hydrogen-bond donors (Lipinski definition) is 2. The third-order valence-corrected chi connectivity index (χ3v) is 2.53. The number of carbonyl (C=O) groups excluding carboxylic acids is 1. The molecule has 1 aromatic carbocycles. The van der Waals surface area contributed by atoms with Gasteiger partial charge >= 0.3 is 5.97 Å². The van der Waals surface area contributed by atoms with Crippen LogP contribution >= 0.6 is 12.4 Å². The van der Waals surface area contributed by atoms with E-state index in [1.54, 1.807) is 0 Å². The molecule has 108 valence electrons. The third-order valence-electron chi connectivity index (χ3n) is 2.53. The second-order valence-electron chi connectivity index (χ2n) is 3.81. The lowest BCUT2D eigenvalue weighted by atomic mass is 10.00. The standard InChI is InChI=1S/C12H15F2NO3.ClH/c1-3-18-12(17)9(14)10(15)7-5-4-6(2)8(13)11(7)16;/h4-5,9-10,16H,3,15H2,1-2H3;1H/t9?,10-;/m1./s1. The molecule has 0 spiro atoms. The number of benzene rings is 1. The molecule has 0 aromatic heterocycles. The quantitative estimate of drug-likeness (QED) is 0.835. The highest BCUT2D eigenvalue weighted by atomic mass is 35.5. The zero-order chi connectivity index (χ0) is 13.9. The van der Waals surface area contributed by atoms with E-state index in [1.165, 1.54) is 26.0 Å². The van der Waals surface area contributed by atoms with Gasteiger partial charge in [0, 0.05) is 5.56 Å². The van der Waals surface area contributed by atoms with Crippen molar-refractivity contribution in [2.24, 2.45) is 5.73 Å². The van der Waals surface area contributed by atoms with E-state index in [1.807, 2.05) is 0 Å². The van der Waals surface area contributed by atoms with E-state index in [0.717, 1.165) is 0 Å². The molecule has 2 atom stereocenters. The Hall–Kier alpha value is -1.40. The second-order valence-corrected chi connectivity index (χ2v) is 3.81. The van der Waals surface area contributed by atoms with Crippen LogP contribution in [-0.4, -0.2) is 23.9 Å². The van der Waals surface area contributed by atoms with Crippen molar-refractivity contribution in [2.45, 2.75) is 26.1 Å². The monoisotopic (exact) mass is 295 g/mol. The molecule has 0 saturated carbocycles. The summed E-state index contributed by atoms with van der Waals surface area (Å²) in [5.74, 6) is -2.75. The molecule has 0 bridgehead atoms. The van der Waals surface area contributed by atoms with Gasteiger partial charge in [-0.2, -0.15) is 0 Å². The maximum Gasteiger partial charge on any atom is 0.342 e. The molecule has 0 amide bonds. The van der Waals surface area contributed by atoms with Gasteiger partial charge in [-0.25, -0.2) is 13.6 Å². The lowest BCUT2D eigenvalue weighted by molar-refractivity contribution is -0.149. The molecule has 1 rings (SSSR count). The summed E-state index contributed by atoms with van der Waals surface area (Å²) >= 11 is 0. The van der Waals surface area contributed by atoms with Gasteiger partial charge in [-0.05, 0) is 19.4 Å². The van der Waals surface area contributed by atoms with E-state index in [9.17, 15) is 18.7 Å². The first kappa shape index (κ1) is 17.6.